The number of carbonyl (C=O) groups excluding carboxylic acids is 1. The van der Waals surface area contributed by atoms with Crippen LogP contribution in [-0.4, -0.2) is 54.7 Å². The minimum Gasteiger partial charge on any atom is -0.384 e. The van der Waals surface area contributed by atoms with Crippen LogP contribution in [0.4, 0.5) is 5.82 Å². The van der Waals surface area contributed by atoms with Crippen LogP contribution < -0.4 is 11.1 Å². The number of halogens is 1. The van der Waals surface area contributed by atoms with Crippen LogP contribution in [0.3, 0.4) is 0 Å². The maximum absolute atomic E-state index is 12.1. The maximum atomic E-state index is 12.1. The van der Waals surface area contributed by atoms with Crippen LogP contribution in [0.1, 0.15) is 17.3 Å². The smallest absolute Gasteiger partial charge is 0.251 e. The molecule has 0 aliphatic carbocycles. The SMILES string of the molecule is CC(CN1CCOCC1)NC(=O)c1cc(N)nc(Cl)c1. The van der Waals surface area contributed by atoms with Crippen molar-refractivity contribution in [3.05, 3.63) is 22.8 Å². The number of nitrogen functional groups attached to an aromatic ring is 1. The van der Waals surface area contributed by atoms with E-state index in [0.717, 1.165) is 32.8 Å². The number of ether oxygens (including phenoxy) is 1. The summed E-state index contributed by atoms with van der Waals surface area (Å²) in [5, 5.41) is 3.15. The topological polar surface area (TPSA) is 80.5 Å². The molecule has 1 aromatic heterocycles. The highest BCUT2D eigenvalue weighted by Crippen LogP contribution is 2.12. The van der Waals surface area contributed by atoms with Crippen molar-refractivity contribution >= 4 is 23.3 Å². The Kier molecular flexibility index (Phi) is 5.17. The van der Waals surface area contributed by atoms with E-state index >= 15 is 0 Å². The summed E-state index contributed by atoms with van der Waals surface area (Å²) in [5.74, 6) is 0.0465. The monoisotopic (exact) mass is 298 g/mol. The Morgan fingerprint density at radius 1 is 1.55 bits per heavy atom. The molecule has 0 aromatic carbocycles. The second-order valence-electron chi connectivity index (χ2n) is 4.89. The molecule has 2 rings (SSSR count). The molecule has 7 heteroatoms. The number of nitrogens with two attached hydrogens (primary N) is 1. The number of hydrogen-bond donors (Lipinski definition) is 2. The number of nitrogens with one attached hydrogen (secondary N) is 1. The fourth-order valence-electron chi connectivity index (χ4n) is 2.17. The van der Waals surface area contributed by atoms with Crippen LogP contribution in [0.5, 0.6) is 0 Å². The van der Waals surface area contributed by atoms with Gasteiger partial charge in [-0.1, -0.05) is 11.6 Å². The molecule has 110 valence electrons. The summed E-state index contributed by atoms with van der Waals surface area (Å²) >= 11 is 5.79. The molecule has 0 saturated carbocycles. The molecular weight excluding hydrogens is 280 g/mol. The van der Waals surface area contributed by atoms with Gasteiger partial charge in [-0.2, -0.15) is 0 Å². The lowest BCUT2D eigenvalue weighted by molar-refractivity contribution is 0.0342. The molecule has 0 spiro atoms. The van der Waals surface area contributed by atoms with Gasteiger partial charge in [0, 0.05) is 31.2 Å². The number of pyridine rings is 1. The molecule has 1 aliphatic rings. The molecule has 3 N–H and O–H groups in total. The van der Waals surface area contributed by atoms with Gasteiger partial charge in [-0.15, -0.1) is 0 Å². The zero-order valence-electron chi connectivity index (χ0n) is 11.4. The zero-order valence-corrected chi connectivity index (χ0v) is 12.2. The Morgan fingerprint density at radius 3 is 2.90 bits per heavy atom. The second kappa shape index (κ2) is 6.88. The fourth-order valence-corrected chi connectivity index (χ4v) is 2.39. The van der Waals surface area contributed by atoms with E-state index in [1.165, 1.54) is 12.1 Å². The first-order valence-electron chi connectivity index (χ1n) is 6.58. The summed E-state index contributed by atoms with van der Waals surface area (Å²) in [6.45, 7) is 6.06. The zero-order chi connectivity index (χ0) is 14.5. The predicted molar refractivity (Wildman–Crippen MR) is 77.8 cm³/mol. The van der Waals surface area contributed by atoms with Crippen LogP contribution in [0, 0.1) is 0 Å². The Morgan fingerprint density at radius 2 is 2.25 bits per heavy atom. The third kappa shape index (κ3) is 4.33. The third-order valence-electron chi connectivity index (χ3n) is 3.09. The number of hydrogen-bond acceptors (Lipinski definition) is 5. The van der Waals surface area contributed by atoms with E-state index < -0.39 is 0 Å². The van der Waals surface area contributed by atoms with Crippen molar-refractivity contribution in [3.8, 4) is 0 Å². The predicted octanol–water partition coefficient (Wildman–Crippen LogP) is 0.768. The summed E-state index contributed by atoms with van der Waals surface area (Å²) in [6.07, 6.45) is 0. The van der Waals surface area contributed by atoms with Gasteiger partial charge in [0.1, 0.15) is 11.0 Å². The lowest BCUT2D eigenvalue weighted by Crippen LogP contribution is -2.46. The standard InChI is InChI=1S/C13H19ClN4O2/c1-9(8-18-2-4-20-5-3-18)16-13(19)10-6-11(14)17-12(15)7-10/h6-7,9H,2-5,8H2,1H3,(H2,15,17)(H,16,19). The van der Waals surface area contributed by atoms with Gasteiger partial charge in [0.15, 0.2) is 0 Å². The van der Waals surface area contributed by atoms with Gasteiger partial charge >= 0.3 is 0 Å². The average Bonchev–Trinajstić information content (AvgIpc) is 2.38. The molecule has 1 amide bonds. The normalized spacial score (nSPS) is 17.7. The summed E-state index contributed by atoms with van der Waals surface area (Å²) < 4.78 is 5.29. The quantitative estimate of drug-likeness (QED) is 0.803. The number of amides is 1. The highest BCUT2D eigenvalue weighted by Gasteiger charge is 2.16. The molecule has 1 aliphatic heterocycles. The highest BCUT2D eigenvalue weighted by molar-refractivity contribution is 6.29. The Balaban J connectivity index is 1.89. The first-order chi connectivity index (χ1) is 9.54. The molecule has 1 unspecified atom stereocenters. The summed E-state index contributed by atoms with van der Waals surface area (Å²) in [4.78, 5) is 18.2. The average molecular weight is 299 g/mol. The Labute approximate surface area is 123 Å². The van der Waals surface area contributed by atoms with Gasteiger partial charge in [0.05, 0.1) is 13.2 Å². The van der Waals surface area contributed by atoms with Gasteiger partial charge < -0.3 is 15.8 Å². The number of rotatable bonds is 4. The molecule has 1 fully saturated rings. The van der Waals surface area contributed by atoms with E-state index in [-0.39, 0.29) is 22.9 Å². The Bertz CT molecular complexity index is 457. The van der Waals surface area contributed by atoms with E-state index in [4.69, 9.17) is 22.1 Å². The minimum atomic E-state index is -0.193. The van der Waals surface area contributed by atoms with Crippen LogP contribution in [0.15, 0.2) is 12.1 Å². The first-order valence-corrected chi connectivity index (χ1v) is 6.96. The summed E-state index contributed by atoms with van der Waals surface area (Å²) in [6, 6.07) is 3.06. The van der Waals surface area contributed by atoms with Gasteiger partial charge in [-0.05, 0) is 19.1 Å². The molecule has 1 saturated heterocycles. The molecule has 20 heavy (non-hydrogen) atoms. The van der Waals surface area contributed by atoms with Crippen LogP contribution in [0.25, 0.3) is 0 Å². The van der Waals surface area contributed by atoms with Crippen LogP contribution in [-0.2, 0) is 4.74 Å². The van der Waals surface area contributed by atoms with Crippen LogP contribution in [0.2, 0.25) is 5.15 Å². The van der Waals surface area contributed by atoms with E-state index in [1.807, 2.05) is 6.92 Å². The minimum absolute atomic E-state index is 0.0359. The van der Waals surface area contributed by atoms with E-state index in [9.17, 15) is 4.79 Å². The van der Waals surface area contributed by atoms with Crippen molar-refractivity contribution in [2.45, 2.75) is 13.0 Å². The van der Waals surface area contributed by atoms with Crippen molar-refractivity contribution < 1.29 is 9.53 Å². The number of anilines is 1. The van der Waals surface area contributed by atoms with Crippen molar-refractivity contribution in [2.75, 3.05) is 38.6 Å². The van der Waals surface area contributed by atoms with Gasteiger partial charge in [-0.25, -0.2) is 4.98 Å². The van der Waals surface area contributed by atoms with Crippen molar-refractivity contribution in [2.24, 2.45) is 0 Å². The fraction of sp³-hybridized carbons (Fsp3) is 0.538. The van der Waals surface area contributed by atoms with Gasteiger partial charge in [0.2, 0.25) is 0 Å². The molecule has 0 bridgehead atoms. The van der Waals surface area contributed by atoms with Crippen molar-refractivity contribution in [3.63, 3.8) is 0 Å². The molecule has 1 atom stereocenters. The molecule has 1 aromatic rings. The molecule has 6 nitrogen and oxygen atoms in total. The van der Waals surface area contributed by atoms with Crippen LogP contribution >= 0.6 is 11.6 Å². The van der Waals surface area contributed by atoms with Crippen molar-refractivity contribution in [1.29, 1.82) is 0 Å². The van der Waals surface area contributed by atoms with Crippen molar-refractivity contribution in [1.82, 2.24) is 15.2 Å². The molecule has 2 heterocycles. The lowest BCUT2D eigenvalue weighted by atomic mass is 10.2. The Hall–Kier alpha value is -1.37. The van der Waals surface area contributed by atoms with Gasteiger partial charge in [-0.3, -0.25) is 9.69 Å². The largest absolute Gasteiger partial charge is 0.384 e. The molecular formula is C13H19ClN4O2. The van der Waals surface area contributed by atoms with E-state index in [0.29, 0.717) is 5.56 Å². The molecule has 0 radical (unpaired) electrons. The highest BCUT2D eigenvalue weighted by atomic mass is 35.5. The first kappa shape index (κ1) is 15.0. The summed E-state index contributed by atoms with van der Waals surface area (Å²) in [5.41, 5.74) is 6.01. The number of carbonyl (C=O) groups is 1. The second-order valence-corrected chi connectivity index (χ2v) is 5.28. The maximum Gasteiger partial charge on any atom is 0.251 e. The van der Waals surface area contributed by atoms with Gasteiger partial charge in [0.25, 0.3) is 5.91 Å². The van der Waals surface area contributed by atoms with E-state index in [2.05, 4.69) is 15.2 Å². The third-order valence-corrected chi connectivity index (χ3v) is 3.28. The number of nitrogens with zero attached hydrogens (tertiary/aromatic N) is 2. The lowest BCUT2D eigenvalue weighted by Gasteiger charge is -2.29. The van der Waals surface area contributed by atoms with E-state index in [1.54, 1.807) is 0 Å². The number of morpholine rings is 1. The number of aromatic nitrogens is 1. The summed E-state index contributed by atoms with van der Waals surface area (Å²) in [7, 11) is 0.